The third kappa shape index (κ3) is 4.49. The molecule has 4 aromatic rings. The van der Waals surface area contributed by atoms with Crippen LogP contribution in [0.4, 0.5) is 5.69 Å². The Balaban J connectivity index is 1.38. The van der Waals surface area contributed by atoms with Crippen LogP contribution < -0.4 is 14.8 Å². The maximum absolute atomic E-state index is 13.1. The van der Waals surface area contributed by atoms with Crippen molar-refractivity contribution in [3.63, 3.8) is 0 Å². The number of fused-ring (bicyclic) bond motifs is 2. The summed E-state index contributed by atoms with van der Waals surface area (Å²) in [4.78, 5) is 30.4. The molecule has 1 N–H and O–H groups in total. The van der Waals surface area contributed by atoms with Gasteiger partial charge in [-0.05, 0) is 52.0 Å². The Morgan fingerprint density at radius 2 is 1.89 bits per heavy atom. The van der Waals surface area contributed by atoms with Gasteiger partial charge in [0, 0.05) is 23.4 Å². The highest BCUT2D eigenvalue weighted by molar-refractivity contribution is 6.05. The SMILES string of the molecule is Cc1cc(-c2cc(C(=O)OCC(=O)Nc3ccc4c(c3)OCCO4)c3cnn(C(C)C)c3n2)c(C)o1. The van der Waals surface area contributed by atoms with Gasteiger partial charge in [-0.15, -0.1) is 0 Å². The molecule has 0 saturated heterocycles. The van der Waals surface area contributed by atoms with Crippen LogP contribution in [0.2, 0.25) is 0 Å². The van der Waals surface area contributed by atoms with E-state index in [0.29, 0.717) is 52.9 Å². The first-order valence-corrected chi connectivity index (χ1v) is 11.6. The Hall–Kier alpha value is -4.34. The van der Waals surface area contributed by atoms with Crippen LogP contribution in [-0.4, -0.2) is 46.5 Å². The number of carbonyl (C=O) groups excluding carboxylic acids is 2. The highest BCUT2D eigenvalue weighted by Crippen LogP contribution is 2.33. The van der Waals surface area contributed by atoms with Crippen molar-refractivity contribution in [2.75, 3.05) is 25.1 Å². The largest absolute Gasteiger partial charge is 0.486 e. The topological polar surface area (TPSA) is 118 Å². The van der Waals surface area contributed by atoms with Crippen molar-refractivity contribution >= 4 is 28.6 Å². The molecule has 4 heterocycles. The molecule has 1 aromatic carbocycles. The normalized spacial score (nSPS) is 12.7. The smallest absolute Gasteiger partial charge is 0.339 e. The number of hydrogen-bond donors (Lipinski definition) is 1. The second-order valence-electron chi connectivity index (χ2n) is 8.78. The number of ether oxygens (including phenoxy) is 3. The lowest BCUT2D eigenvalue weighted by molar-refractivity contribution is -0.119. The molecule has 1 aliphatic heterocycles. The second-order valence-corrected chi connectivity index (χ2v) is 8.78. The number of benzene rings is 1. The Morgan fingerprint density at radius 3 is 2.61 bits per heavy atom. The molecule has 0 aliphatic carbocycles. The second kappa shape index (κ2) is 9.37. The molecule has 0 atom stereocenters. The van der Waals surface area contributed by atoms with E-state index in [1.54, 1.807) is 35.1 Å². The molecular formula is C26H26N4O6. The molecule has 0 radical (unpaired) electrons. The fourth-order valence-corrected chi connectivity index (χ4v) is 4.11. The standard InChI is InChI=1S/C26H26N4O6/c1-14(2)30-25-20(12-27-30)19(11-21(29-25)18-9-15(3)36-16(18)4)26(32)35-13-24(31)28-17-5-6-22-23(10-17)34-8-7-33-22/h5-6,9-12,14H,7-8,13H2,1-4H3,(H,28,31). The van der Waals surface area contributed by atoms with E-state index < -0.39 is 18.5 Å². The number of nitrogens with zero attached hydrogens (tertiary/aromatic N) is 3. The van der Waals surface area contributed by atoms with Gasteiger partial charge in [-0.25, -0.2) is 14.5 Å². The quantitative estimate of drug-likeness (QED) is 0.394. The first-order chi connectivity index (χ1) is 17.3. The van der Waals surface area contributed by atoms with E-state index in [2.05, 4.69) is 10.4 Å². The Bertz CT molecular complexity index is 1470. The van der Waals surface area contributed by atoms with Crippen molar-refractivity contribution in [2.24, 2.45) is 0 Å². The summed E-state index contributed by atoms with van der Waals surface area (Å²) in [6.07, 6.45) is 1.59. The average molecular weight is 491 g/mol. The van der Waals surface area contributed by atoms with Gasteiger partial charge in [0.05, 0.1) is 22.8 Å². The summed E-state index contributed by atoms with van der Waals surface area (Å²) in [6.45, 7) is 8.11. The lowest BCUT2D eigenvalue weighted by Gasteiger charge is -2.19. The molecule has 0 saturated carbocycles. The van der Waals surface area contributed by atoms with Crippen LogP contribution in [0.1, 0.15) is 41.8 Å². The molecule has 36 heavy (non-hydrogen) atoms. The van der Waals surface area contributed by atoms with Crippen molar-refractivity contribution in [2.45, 2.75) is 33.7 Å². The fraction of sp³-hybridized carbons (Fsp3) is 0.308. The van der Waals surface area contributed by atoms with E-state index in [-0.39, 0.29) is 11.6 Å². The first kappa shape index (κ1) is 23.4. The molecule has 0 fully saturated rings. The van der Waals surface area contributed by atoms with Crippen LogP contribution in [0.5, 0.6) is 11.5 Å². The van der Waals surface area contributed by atoms with Gasteiger partial charge in [0.15, 0.2) is 23.8 Å². The lowest BCUT2D eigenvalue weighted by Crippen LogP contribution is -2.21. The highest BCUT2D eigenvalue weighted by Gasteiger charge is 2.22. The minimum Gasteiger partial charge on any atom is -0.486 e. The number of aryl methyl sites for hydroxylation is 2. The van der Waals surface area contributed by atoms with E-state index in [1.165, 1.54) is 0 Å². The minimum atomic E-state index is -0.651. The molecule has 3 aromatic heterocycles. The van der Waals surface area contributed by atoms with Gasteiger partial charge in [0.25, 0.3) is 5.91 Å². The van der Waals surface area contributed by atoms with Gasteiger partial charge in [-0.1, -0.05) is 0 Å². The van der Waals surface area contributed by atoms with Gasteiger partial charge in [0.1, 0.15) is 24.7 Å². The number of hydrogen-bond acceptors (Lipinski definition) is 8. The fourth-order valence-electron chi connectivity index (χ4n) is 4.11. The molecule has 0 bridgehead atoms. The van der Waals surface area contributed by atoms with Gasteiger partial charge in [-0.2, -0.15) is 5.10 Å². The van der Waals surface area contributed by atoms with E-state index >= 15 is 0 Å². The highest BCUT2D eigenvalue weighted by atomic mass is 16.6. The van der Waals surface area contributed by atoms with E-state index in [0.717, 1.165) is 11.3 Å². The van der Waals surface area contributed by atoms with Crippen molar-refractivity contribution in [1.29, 1.82) is 0 Å². The number of aromatic nitrogens is 3. The maximum Gasteiger partial charge on any atom is 0.339 e. The van der Waals surface area contributed by atoms with Gasteiger partial charge in [-0.3, -0.25) is 4.79 Å². The molecular weight excluding hydrogens is 464 g/mol. The Labute approximate surface area is 207 Å². The van der Waals surface area contributed by atoms with Crippen LogP contribution in [-0.2, 0) is 9.53 Å². The van der Waals surface area contributed by atoms with Gasteiger partial charge >= 0.3 is 5.97 Å². The summed E-state index contributed by atoms with van der Waals surface area (Å²) in [5.74, 6) is 1.46. The Kier molecular flexibility index (Phi) is 6.09. The molecule has 1 aliphatic rings. The summed E-state index contributed by atoms with van der Waals surface area (Å²) in [5, 5.41) is 7.66. The average Bonchev–Trinajstić information content (AvgIpc) is 3.44. The number of pyridine rings is 1. The predicted octanol–water partition coefficient (Wildman–Crippen LogP) is 4.46. The van der Waals surface area contributed by atoms with Crippen LogP contribution >= 0.6 is 0 Å². The zero-order valence-corrected chi connectivity index (χ0v) is 20.5. The lowest BCUT2D eigenvalue weighted by atomic mass is 10.1. The number of carbonyl (C=O) groups is 2. The molecule has 10 heteroatoms. The van der Waals surface area contributed by atoms with E-state index in [4.69, 9.17) is 23.6 Å². The number of anilines is 1. The predicted molar refractivity (Wildman–Crippen MR) is 131 cm³/mol. The summed E-state index contributed by atoms with van der Waals surface area (Å²) < 4.78 is 23.8. The third-order valence-corrected chi connectivity index (χ3v) is 5.75. The Morgan fingerprint density at radius 1 is 1.11 bits per heavy atom. The number of nitrogens with one attached hydrogen (secondary N) is 1. The van der Waals surface area contributed by atoms with Crippen molar-refractivity contribution in [3.8, 4) is 22.8 Å². The van der Waals surface area contributed by atoms with Crippen LogP contribution in [0.15, 0.2) is 40.9 Å². The van der Waals surface area contributed by atoms with Crippen molar-refractivity contribution < 1.29 is 28.2 Å². The van der Waals surface area contributed by atoms with Crippen molar-refractivity contribution in [3.05, 3.63) is 53.6 Å². The zero-order chi connectivity index (χ0) is 25.4. The van der Waals surface area contributed by atoms with Crippen LogP contribution in [0, 0.1) is 13.8 Å². The summed E-state index contributed by atoms with van der Waals surface area (Å²) in [7, 11) is 0. The maximum atomic E-state index is 13.1. The number of rotatable bonds is 6. The molecule has 10 nitrogen and oxygen atoms in total. The van der Waals surface area contributed by atoms with Gasteiger partial charge < -0.3 is 23.9 Å². The molecule has 0 spiro atoms. The summed E-state index contributed by atoms with van der Waals surface area (Å²) in [5.41, 5.74) is 2.67. The van der Waals surface area contributed by atoms with Crippen LogP contribution in [0.25, 0.3) is 22.3 Å². The third-order valence-electron chi connectivity index (χ3n) is 5.75. The molecule has 0 unspecified atom stereocenters. The summed E-state index contributed by atoms with van der Waals surface area (Å²) >= 11 is 0. The zero-order valence-electron chi connectivity index (χ0n) is 20.5. The van der Waals surface area contributed by atoms with E-state index in [9.17, 15) is 9.59 Å². The number of furan rings is 1. The first-order valence-electron chi connectivity index (χ1n) is 11.6. The van der Waals surface area contributed by atoms with Gasteiger partial charge in [0.2, 0.25) is 0 Å². The minimum absolute atomic E-state index is 0.0260. The molecule has 186 valence electrons. The molecule has 5 rings (SSSR count). The molecule has 1 amide bonds. The van der Waals surface area contributed by atoms with Crippen molar-refractivity contribution in [1.82, 2.24) is 14.8 Å². The number of amides is 1. The van der Waals surface area contributed by atoms with Crippen LogP contribution in [0.3, 0.4) is 0 Å². The summed E-state index contributed by atoms with van der Waals surface area (Å²) in [6, 6.07) is 8.63. The number of esters is 1. The van der Waals surface area contributed by atoms with E-state index in [1.807, 2.05) is 33.8 Å². The monoisotopic (exact) mass is 490 g/mol.